The van der Waals surface area contributed by atoms with Gasteiger partial charge in [0.15, 0.2) is 5.65 Å². The van der Waals surface area contributed by atoms with E-state index in [0.717, 1.165) is 5.56 Å². The number of amides is 1. The summed E-state index contributed by atoms with van der Waals surface area (Å²) in [5.74, 6) is -1.16. The van der Waals surface area contributed by atoms with Gasteiger partial charge in [-0.2, -0.15) is 0 Å². The maximum Gasteiger partial charge on any atom is 0.335 e. The number of pyridine rings is 1. The van der Waals surface area contributed by atoms with Crippen molar-refractivity contribution in [1.29, 1.82) is 0 Å². The molecule has 13 heteroatoms. The van der Waals surface area contributed by atoms with Crippen molar-refractivity contribution in [3.05, 3.63) is 93.0 Å². The fourth-order valence-electron chi connectivity index (χ4n) is 4.25. The Balaban J connectivity index is 1.52. The number of hydrogen-bond acceptors (Lipinski definition) is 9. The maximum atomic E-state index is 13.5. The molecule has 2 heterocycles. The molecule has 4 aromatic rings. The highest BCUT2D eigenvalue weighted by atomic mass is 16.6. The summed E-state index contributed by atoms with van der Waals surface area (Å²) in [4.78, 5) is 64.2. The molecule has 0 unspecified atom stereocenters. The minimum atomic E-state index is -0.808. The number of benzene rings is 2. The van der Waals surface area contributed by atoms with Gasteiger partial charge in [0.1, 0.15) is 23.9 Å². The smallest absolute Gasteiger partial charge is 0.335 e. The van der Waals surface area contributed by atoms with Crippen molar-refractivity contribution in [3.63, 3.8) is 0 Å². The fraction of sp³-hybridized carbons (Fsp3) is 0.276. The number of fused-ring (bicyclic) bond motifs is 1. The third-order valence-electron chi connectivity index (χ3n) is 6.13. The largest absolute Gasteiger partial charge is 0.458 e. The molecule has 0 fully saturated rings. The van der Waals surface area contributed by atoms with Crippen LogP contribution < -0.4 is 15.7 Å². The molecule has 0 bridgehead atoms. The number of non-ortho nitro benzene ring substituents is 1. The van der Waals surface area contributed by atoms with Crippen LogP contribution in [0, 0.1) is 10.1 Å². The first-order valence-electron chi connectivity index (χ1n) is 13.0. The third kappa shape index (κ3) is 7.05. The standard InChI is InChI=1S/C29H29N5O8/c1-29(2,3)42-27(37)23(31-18-35)15-8-19-6-9-20(10-7-19)33-26-24(5-4-16-30-26)32(28(33)38)17-25(36)41-22-13-11-21(12-14-22)34(39)40/h4-7,9-14,16,18,23H,8,15,17H2,1-3H3,(H,31,35)/t23-/m0/s1. The Bertz CT molecular complexity index is 1670. The van der Waals surface area contributed by atoms with E-state index in [-0.39, 0.29) is 11.4 Å². The maximum absolute atomic E-state index is 13.5. The van der Waals surface area contributed by atoms with Crippen molar-refractivity contribution in [3.8, 4) is 11.4 Å². The zero-order valence-corrected chi connectivity index (χ0v) is 23.2. The van der Waals surface area contributed by atoms with E-state index in [9.17, 15) is 29.3 Å². The van der Waals surface area contributed by atoms with E-state index >= 15 is 0 Å². The van der Waals surface area contributed by atoms with Crippen molar-refractivity contribution in [2.24, 2.45) is 0 Å². The number of nitro groups is 1. The highest BCUT2D eigenvalue weighted by Gasteiger charge is 2.25. The number of carbonyl (C=O) groups is 3. The van der Waals surface area contributed by atoms with Gasteiger partial charge in [-0.1, -0.05) is 12.1 Å². The van der Waals surface area contributed by atoms with Crippen LogP contribution in [0.3, 0.4) is 0 Å². The zero-order chi connectivity index (χ0) is 30.4. The van der Waals surface area contributed by atoms with E-state index in [2.05, 4.69) is 10.3 Å². The van der Waals surface area contributed by atoms with Gasteiger partial charge in [0.2, 0.25) is 6.41 Å². The second-order valence-electron chi connectivity index (χ2n) is 10.4. The molecule has 0 radical (unpaired) electrons. The Labute approximate surface area is 239 Å². The molecule has 2 aromatic carbocycles. The van der Waals surface area contributed by atoms with Gasteiger partial charge < -0.3 is 14.8 Å². The van der Waals surface area contributed by atoms with E-state index in [0.29, 0.717) is 36.1 Å². The molecular weight excluding hydrogens is 546 g/mol. The molecule has 2 aromatic heterocycles. The molecule has 0 saturated heterocycles. The average molecular weight is 576 g/mol. The molecule has 0 aliphatic rings. The van der Waals surface area contributed by atoms with Crippen molar-refractivity contribution < 1.29 is 28.8 Å². The number of nitrogens with zero attached hydrogens (tertiary/aromatic N) is 4. The van der Waals surface area contributed by atoms with Crippen LogP contribution in [0.2, 0.25) is 0 Å². The molecule has 13 nitrogen and oxygen atoms in total. The molecule has 0 spiro atoms. The van der Waals surface area contributed by atoms with Gasteiger partial charge in [-0.3, -0.25) is 19.5 Å². The monoisotopic (exact) mass is 575 g/mol. The summed E-state index contributed by atoms with van der Waals surface area (Å²) >= 11 is 0. The topological polar surface area (TPSA) is 165 Å². The first-order chi connectivity index (χ1) is 20.0. The third-order valence-corrected chi connectivity index (χ3v) is 6.13. The summed E-state index contributed by atoms with van der Waals surface area (Å²) < 4.78 is 13.3. The van der Waals surface area contributed by atoms with Crippen LogP contribution in [0.5, 0.6) is 5.75 Å². The SMILES string of the molecule is CC(C)(C)OC(=O)[C@H](CCc1ccc(-n2c(=O)n(CC(=O)Oc3ccc([N+](=O)[O-])cc3)c3cccnc32)cc1)NC=O. The van der Waals surface area contributed by atoms with Crippen LogP contribution >= 0.6 is 0 Å². The highest BCUT2D eigenvalue weighted by Crippen LogP contribution is 2.20. The number of nitro benzene ring substituents is 1. The molecule has 0 aliphatic carbocycles. The zero-order valence-electron chi connectivity index (χ0n) is 23.2. The number of imidazole rings is 1. The second kappa shape index (κ2) is 12.5. The number of hydrogen-bond donors (Lipinski definition) is 1. The Morgan fingerprint density at radius 1 is 1.10 bits per heavy atom. The van der Waals surface area contributed by atoms with Crippen molar-refractivity contribution in [1.82, 2.24) is 19.4 Å². The summed E-state index contributed by atoms with van der Waals surface area (Å²) in [6.45, 7) is 4.82. The lowest BCUT2D eigenvalue weighted by Gasteiger charge is -2.23. The molecule has 218 valence electrons. The van der Waals surface area contributed by atoms with Crippen molar-refractivity contribution >= 4 is 35.2 Å². The lowest BCUT2D eigenvalue weighted by Crippen LogP contribution is -2.41. The number of aryl methyl sites for hydroxylation is 1. The molecular formula is C29H29N5O8. The van der Waals surface area contributed by atoms with Crippen LogP contribution in [0.1, 0.15) is 32.8 Å². The van der Waals surface area contributed by atoms with Gasteiger partial charge in [0.05, 0.1) is 16.1 Å². The molecule has 42 heavy (non-hydrogen) atoms. The summed E-state index contributed by atoms with van der Waals surface area (Å²) in [6, 6.07) is 14.6. The predicted octanol–water partition coefficient (Wildman–Crippen LogP) is 3.09. The second-order valence-corrected chi connectivity index (χ2v) is 10.4. The van der Waals surface area contributed by atoms with Gasteiger partial charge in [-0.05, 0) is 75.6 Å². The number of nitrogens with one attached hydrogen (secondary N) is 1. The number of carbonyl (C=O) groups excluding carboxylic acids is 3. The van der Waals surface area contributed by atoms with Crippen LogP contribution in [0.4, 0.5) is 5.69 Å². The first kappa shape index (κ1) is 29.6. The summed E-state index contributed by atoms with van der Waals surface area (Å²) in [7, 11) is 0. The van der Waals surface area contributed by atoms with E-state index in [1.165, 1.54) is 39.6 Å². The van der Waals surface area contributed by atoms with E-state index in [4.69, 9.17) is 9.47 Å². The molecule has 1 amide bonds. The van der Waals surface area contributed by atoms with E-state index < -0.39 is 40.7 Å². The summed E-state index contributed by atoms with van der Waals surface area (Å²) in [5, 5.41) is 13.3. The minimum absolute atomic E-state index is 0.105. The molecule has 1 N–H and O–H groups in total. The molecule has 4 rings (SSSR count). The van der Waals surface area contributed by atoms with Crippen LogP contribution in [-0.2, 0) is 32.1 Å². The Morgan fingerprint density at radius 2 is 1.79 bits per heavy atom. The van der Waals surface area contributed by atoms with E-state index in [1.54, 1.807) is 57.2 Å². The van der Waals surface area contributed by atoms with Gasteiger partial charge >= 0.3 is 17.6 Å². The number of rotatable bonds is 11. The fourth-order valence-corrected chi connectivity index (χ4v) is 4.25. The number of aromatic nitrogens is 3. The number of esters is 2. The first-order valence-corrected chi connectivity index (χ1v) is 13.0. The minimum Gasteiger partial charge on any atom is -0.458 e. The highest BCUT2D eigenvalue weighted by molar-refractivity contribution is 5.79. The normalized spacial score (nSPS) is 12.0. The van der Waals surface area contributed by atoms with Gasteiger partial charge in [0, 0.05) is 18.3 Å². The van der Waals surface area contributed by atoms with Crippen molar-refractivity contribution in [2.75, 3.05) is 0 Å². The Kier molecular flexibility index (Phi) is 8.79. The average Bonchev–Trinajstić information content (AvgIpc) is 3.21. The number of ether oxygens (including phenoxy) is 2. The van der Waals surface area contributed by atoms with Gasteiger partial charge in [0.25, 0.3) is 5.69 Å². The molecule has 0 saturated carbocycles. The van der Waals surface area contributed by atoms with E-state index in [1.807, 2.05) is 0 Å². The summed E-state index contributed by atoms with van der Waals surface area (Å²) in [6.07, 6.45) is 2.76. The van der Waals surface area contributed by atoms with Crippen LogP contribution in [0.15, 0.2) is 71.7 Å². The lowest BCUT2D eigenvalue weighted by molar-refractivity contribution is -0.384. The van der Waals surface area contributed by atoms with Crippen LogP contribution in [-0.4, -0.2) is 49.0 Å². The molecule has 1 atom stereocenters. The Hall–Kier alpha value is -5.33. The quantitative estimate of drug-likeness (QED) is 0.0930. The lowest BCUT2D eigenvalue weighted by atomic mass is 10.0. The predicted molar refractivity (Wildman–Crippen MR) is 151 cm³/mol. The molecule has 0 aliphatic heterocycles. The van der Waals surface area contributed by atoms with Crippen molar-refractivity contribution in [2.45, 2.75) is 51.8 Å². The summed E-state index contributed by atoms with van der Waals surface area (Å²) in [5.41, 5.74) is 0.750. The van der Waals surface area contributed by atoms with Gasteiger partial charge in [-0.25, -0.2) is 23.9 Å². The van der Waals surface area contributed by atoms with Crippen LogP contribution in [0.25, 0.3) is 16.9 Å². The van der Waals surface area contributed by atoms with Gasteiger partial charge in [-0.15, -0.1) is 0 Å². The Morgan fingerprint density at radius 3 is 2.40 bits per heavy atom.